The number of esters is 1. The Kier molecular flexibility index (Phi) is 69.9. The Morgan fingerprint density at radius 3 is 0.877 bits per heavy atom. The first-order valence-corrected chi connectivity index (χ1v) is 37.4. The van der Waals surface area contributed by atoms with Gasteiger partial charge < -0.3 is 20.3 Å². The van der Waals surface area contributed by atoms with Crippen LogP contribution in [0.5, 0.6) is 0 Å². The molecule has 0 spiro atoms. The number of nitrogens with one attached hydrogen (secondary N) is 1. The molecule has 0 aliphatic carbocycles. The molecule has 482 valence electrons. The van der Waals surface area contributed by atoms with Crippen molar-refractivity contribution in [3.05, 3.63) is 12.2 Å². The van der Waals surface area contributed by atoms with E-state index in [0.717, 1.165) is 38.5 Å². The van der Waals surface area contributed by atoms with E-state index in [4.69, 9.17) is 4.74 Å². The Morgan fingerprint density at radius 2 is 0.580 bits per heavy atom. The molecule has 1 amide bonds. The van der Waals surface area contributed by atoms with E-state index in [9.17, 15) is 19.8 Å². The van der Waals surface area contributed by atoms with E-state index in [1.54, 1.807) is 0 Å². The summed E-state index contributed by atoms with van der Waals surface area (Å²) in [5.74, 6) is -0.0136. The number of allylic oxidation sites excluding steroid dienone is 2. The highest BCUT2D eigenvalue weighted by atomic mass is 16.5. The third-order valence-corrected chi connectivity index (χ3v) is 17.8. The summed E-state index contributed by atoms with van der Waals surface area (Å²) in [6, 6.07) is -0.544. The van der Waals surface area contributed by atoms with Crippen LogP contribution < -0.4 is 5.32 Å². The molecule has 0 radical (unpaired) electrons. The van der Waals surface area contributed by atoms with Crippen molar-refractivity contribution < 1.29 is 24.5 Å². The lowest BCUT2D eigenvalue weighted by Gasteiger charge is -2.22. The highest BCUT2D eigenvalue weighted by Gasteiger charge is 2.20. The Morgan fingerprint density at radius 1 is 0.333 bits per heavy atom. The molecule has 0 aromatic heterocycles. The molecule has 0 aromatic rings. The largest absolute Gasteiger partial charge is 0.466 e. The second-order valence-electron chi connectivity index (χ2n) is 26.0. The zero-order valence-corrected chi connectivity index (χ0v) is 55.3. The van der Waals surface area contributed by atoms with Gasteiger partial charge in [0.15, 0.2) is 0 Å². The summed E-state index contributed by atoms with van der Waals surface area (Å²) in [5.41, 5.74) is 0. The number of aliphatic hydroxyl groups is 2. The minimum absolute atomic E-state index is 0.0192. The first-order chi connectivity index (χ1) is 40.0. The van der Waals surface area contributed by atoms with Crippen molar-refractivity contribution in [2.45, 2.75) is 443 Å². The number of unbranched alkanes of at least 4 members (excludes halogenated alkanes) is 58. The van der Waals surface area contributed by atoms with Crippen LogP contribution in [0.25, 0.3) is 0 Å². The van der Waals surface area contributed by atoms with Crippen molar-refractivity contribution in [1.82, 2.24) is 5.32 Å². The van der Waals surface area contributed by atoms with Crippen LogP contribution in [0.4, 0.5) is 0 Å². The molecule has 0 aliphatic rings. The van der Waals surface area contributed by atoms with Gasteiger partial charge >= 0.3 is 5.97 Å². The molecule has 6 heteroatoms. The predicted octanol–water partition coefficient (Wildman–Crippen LogP) is 24.3. The fourth-order valence-electron chi connectivity index (χ4n) is 12.1. The van der Waals surface area contributed by atoms with E-state index < -0.39 is 12.1 Å². The van der Waals surface area contributed by atoms with E-state index in [-0.39, 0.29) is 18.5 Å². The van der Waals surface area contributed by atoms with Gasteiger partial charge in [0, 0.05) is 12.8 Å². The number of rotatable bonds is 71. The van der Waals surface area contributed by atoms with Crippen molar-refractivity contribution >= 4 is 11.9 Å². The maximum absolute atomic E-state index is 12.6. The maximum Gasteiger partial charge on any atom is 0.305 e. The monoisotopic (exact) mass is 1140 g/mol. The van der Waals surface area contributed by atoms with Crippen LogP contribution in [0.15, 0.2) is 12.2 Å². The van der Waals surface area contributed by atoms with E-state index in [1.807, 2.05) is 0 Å². The third-order valence-electron chi connectivity index (χ3n) is 17.8. The van der Waals surface area contributed by atoms with Crippen LogP contribution in [0, 0.1) is 0 Å². The van der Waals surface area contributed by atoms with Gasteiger partial charge in [-0.15, -0.1) is 0 Å². The Bertz CT molecular complexity index is 1220. The number of ether oxygens (including phenoxy) is 1. The van der Waals surface area contributed by atoms with Gasteiger partial charge in [0.25, 0.3) is 0 Å². The minimum Gasteiger partial charge on any atom is -0.466 e. The molecule has 0 fully saturated rings. The molecule has 2 atom stereocenters. The molecule has 0 aliphatic heterocycles. The van der Waals surface area contributed by atoms with Gasteiger partial charge in [0.2, 0.25) is 5.91 Å². The molecule has 0 rings (SSSR count). The quantitative estimate of drug-likeness (QED) is 0.0320. The lowest BCUT2D eigenvalue weighted by molar-refractivity contribution is -0.143. The number of aliphatic hydroxyl groups excluding tert-OH is 2. The van der Waals surface area contributed by atoms with E-state index in [2.05, 4.69) is 31.3 Å². The fourth-order valence-corrected chi connectivity index (χ4v) is 12.1. The summed E-state index contributed by atoms with van der Waals surface area (Å²) in [7, 11) is 0. The summed E-state index contributed by atoms with van der Waals surface area (Å²) in [4.78, 5) is 24.7. The van der Waals surface area contributed by atoms with Crippen molar-refractivity contribution in [1.29, 1.82) is 0 Å². The van der Waals surface area contributed by atoms with Crippen LogP contribution in [-0.4, -0.2) is 47.4 Å². The van der Waals surface area contributed by atoms with Crippen LogP contribution in [-0.2, 0) is 14.3 Å². The molecule has 6 nitrogen and oxygen atoms in total. The van der Waals surface area contributed by atoms with Crippen molar-refractivity contribution in [2.24, 2.45) is 0 Å². The second kappa shape index (κ2) is 71.1. The van der Waals surface area contributed by atoms with Crippen LogP contribution >= 0.6 is 0 Å². The summed E-state index contributed by atoms with van der Waals surface area (Å²) >= 11 is 0. The molecule has 0 heterocycles. The zero-order chi connectivity index (χ0) is 58.5. The topological polar surface area (TPSA) is 95.9 Å². The standard InChI is InChI=1S/C75H147NO5/c1-3-5-7-9-11-13-15-17-19-21-23-29-32-35-39-43-47-51-55-59-63-67-73(78)72(71-77)76-74(79)68-64-60-56-52-48-44-40-36-33-30-27-25-24-26-28-31-34-38-42-46-50-54-58-62-66-70-81-75(80)69-65-61-57-53-49-45-41-37-22-20-18-16-14-12-10-8-6-4-2/h25,27,72-73,77-78H,3-24,26,28-71H2,1-2H3,(H,76,79)/b27-25-. The average Bonchev–Trinajstić information content (AvgIpc) is 3.47. The van der Waals surface area contributed by atoms with Gasteiger partial charge in [-0.05, 0) is 51.4 Å². The molecule has 2 unspecified atom stereocenters. The summed E-state index contributed by atoms with van der Waals surface area (Å²) in [5, 5.41) is 23.4. The summed E-state index contributed by atoms with van der Waals surface area (Å²) in [6.45, 7) is 5.01. The van der Waals surface area contributed by atoms with Crippen LogP contribution in [0.3, 0.4) is 0 Å². The van der Waals surface area contributed by atoms with Gasteiger partial charge in [0.05, 0.1) is 25.4 Å². The maximum atomic E-state index is 12.6. The van der Waals surface area contributed by atoms with Crippen molar-refractivity contribution in [2.75, 3.05) is 13.2 Å². The number of amides is 1. The first-order valence-electron chi connectivity index (χ1n) is 37.4. The molecular weight excluding hydrogens is 995 g/mol. The molecule has 81 heavy (non-hydrogen) atoms. The lowest BCUT2D eigenvalue weighted by atomic mass is 10.0. The SMILES string of the molecule is CCCCCCCCCCCCCCCCCCCCCCCC(O)C(CO)NC(=O)CCCCCCCCCCC/C=C\CCCCCCCCCCCCCCOC(=O)CCCCCCCCCCCCCCCCCCCC. The van der Waals surface area contributed by atoms with E-state index >= 15 is 0 Å². The van der Waals surface area contributed by atoms with Gasteiger partial charge in [-0.3, -0.25) is 9.59 Å². The summed E-state index contributed by atoms with van der Waals surface area (Å²) in [6.07, 6.45) is 88.4. The Labute approximate surface area is 508 Å². The zero-order valence-electron chi connectivity index (χ0n) is 55.3. The molecule has 3 N–H and O–H groups in total. The normalized spacial score (nSPS) is 12.5. The fraction of sp³-hybridized carbons (Fsp3) is 0.947. The molecule has 0 saturated heterocycles. The smallest absolute Gasteiger partial charge is 0.305 e. The minimum atomic E-state index is -0.667. The van der Waals surface area contributed by atoms with Crippen molar-refractivity contribution in [3.8, 4) is 0 Å². The number of carbonyl (C=O) groups excluding carboxylic acids is 2. The van der Waals surface area contributed by atoms with Crippen LogP contribution in [0.2, 0.25) is 0 Å². The molecule has 0 aromatic carbocycles. The Hall–Kier alpha value is -1.40. The molecular formula is C75H147NO5. The first kappa shape index (κ1) is 79.6. The van der Waals surface area contributed by atoms with Gasteiger partial charge in [0.1, 0.15) is 0 Å². The highest BCUT2D eigenvalue weighted by molar-refractivity contribution is 5.76. The predicted molar refractivity (Wildman–Crippen MR) is 357 cm³/mol. The van der Waals surface area contributed by atoms with E-state index in [0.29, 0.717) is 25.9 Å². The van der Waals surface area contributed by atoms with Gasteiger partial charge in [-0.1, -0.05) is 379 Å². The summed E-state index contributed by atoms with van der Waals surface area (Å²) < 4.78 is 5.51. The Balaban J connectivity index is 3.37. The van der Waals surface area contributed by atoms with Gasteiger partial charge in [-0.25, -0.2) is 0 Å². The highest BCUT2D eigenvalue weighted by Crippen LogP contribution is 2.20. The average molecular weight is 1140 g/mol. The van der Waals surface area contributed by atoms with Crippen molar-refractivity contribution in [3.63, 3.8) is 0 Å². The molecule has 0 saturated carbocycles. The van der Waals surface area contributed by atoms with Crippen LogP contribution in [0.1, 0.15) is 431 Å². The third kappa shape index (κ3) is 67.6. The number of carbonyl (C=O) groups is 2. The second-order valence-corrected chi connectivity index (χ2v) is 26.0. The molecule has 0 bridgehead atoms. The lowest BCUT2D eigenvalue weighted by Crippen LogP contribution is -2.45. The van der Waals surface area contributed by atoms with E-state index in [1.165, 1.54) is 360 Å². The van der Waals surface area contributed by atoms with Gasteiger partial charge in [-0.2, -0.15) is 0 Å². The number of hydrogen-bond acceptors (Lipinski definition) is 5. The number of hydrogen-bond donors (Lipinski definition) is 3.